The van der Waals surface area contributed by atoms with E-state index in [9.17, 15) is 9.90 Å². The maximum absolute atomic E-state index is 11.3. The number of hydrogen-bond acceptors (Lipinski definition) is 3. The zero-order chi connectivity index (χ0) is 16.4. The van der Waals surface area contributed by atoms with Gasteiger partial charge in [0, 0.05) is 23.7 Å². The molecule has 1 saturated carbocycles. The predicted molar refractivity (Wildman–Crippen MR) is 92.8 cm³/mol. The molecule has 0 aromatic rings. The van der Waals surface area contributed by atoms with Crippen LogP contribution in [0, 0.1) is 11.3 Å². The predicted octanol–water partition coefficient (Wildman–Crippen LogP) is 3.61. The SMILES string of the molecule is CCN1/C(=C\C=O)C(C)(CC2=CC=CCC2)C2CC(O)CCC21. The van der Waals surface area contributed by atoms with E-state index >= 15 is 0 Å². The van der Waals surface area contributed by atoms with Crippen LogP contribution in [0.15, 0.2) is 35.6 Å². The van der Waals surface area contributed by atoms with Crippen LogP contribution >= 0.6 is 0 Å². The zero-order valence-electron chi connectivity index (χ0n) is 14.4. The minimum atomic E-state index is -0.190. The summed E-state index contributed by atoms with van der Waals surface area (Å²) in [5.74, 6) is 0.434. The number of rotatable bonds is 4. The van der Waals surface area contributed by atoms with Crippen molar-refractivity contribution in [3.8, 4) is 0 Å². The first-order valence-corrected chi connectivity index (χ1v) is 9.05. The van der Waals surface area contributed by atoms with Gasteiger partial charge in [0.15, 0.2) is 0 Å². The number of fused-ring (bicyclic) bond motifs is 1. The summed E-state index contributed by atoms with van der Waals surface area (Å²) in [4.78, 5) is 13.7. The molecule has 23 heavy (non-hydrogen) atoms. The summed E-state index contributed by atoms with van der Waals surface area (Å²) >= 11 is 0. The van der Waals surface area contributed by atoms with E-state index in [1.165, 1.54) is 11.3 Å². The highest BCUT2D eigenvalue weighted by Gasteiger charge is 2.54. The van der Waals surface area contributed by atoms with Crippen molar-refractivity contribution in [2.75, 3.05) is 6.54 Å². The molecule has 0 spiro atoms. The molecular weight excluding hydrogens is 286 g/mol. The number of likely N-dealkylation sites (tertiary alicyclic amines) is 1. The van der Waals surface area contributed by atoms with Crippen LogP contribution in [0.3, 0.4) is 0 Å². The average Bonchev–Trinajstić information content (AvgIpc) is 2.77. The number of carbonyl (C=O) groups excluding carboxylic acids is 1. The van der Waals surface area contributed by atoms with Crippen LogP contribution in [0.2, 0.25) is 0 Å². The van der Waals surface area contributed by atoms with Crippen LogP contribution in [-0.4, -0.2) is 35.0 Å². The van der Waals surface area contributed by atoms with Crippen LogP contribution in [0.25, 0.3) is 0 Å². The van der Waals surface area contributed by atoms with E-state index in [0.29, 0.717) is 12.0 Å². The highest BCUT2D eigenvalue weighted by molar-refractivity contribution is 5.67. The minimum absolute atomic E-state index is 0.0417. The summed E-state index contributed by atoms with van der Waals surface area (Å²) in [5.41, 5.74) is 2.62. The summed E-state index contributed by atoms with van der Waals surface area (Å²) in [6.07, 6.45) is 15.2. The molecule has 0 bridgehead atoms. The van der Waals surface area contributed by atoms with Crippen molar-refractivity contribution >= 4 is 6.29 Å². The molecular formula is C20H29NO2. The van der Waals surface area contributed by atoms with E-state index in [1.54, 1.807) is 6.08 Å². The number of nitrogens with zero attached hydrogens (tertiary/aromatic N) is 1. The van der Waals surface area contributed by atoms with E-state index in [4.69, 9.17) is 0 Å². The van der Waals surface area contributed by atoms with Crippen molar-refractivity contribution in [2.45, 2.75) is 64.5 Å². The van der Waals surface area contributed by atoms with Crippen molar-refractivity contribution in [2.24, 2.45) is 11.3 Å². The highest BCUT2D eigenvalue weighted by Crippen LogP contribution is 2.56. The van der Waals surface area contributed by atoms with Gasteiger partial charge < -0.3 is 10.0 Å². The van der Waals surface area contributed by atoms with Crippen LogP contribution in [0.5, 0.6) is 0 Å². The third-order valence-electron chi connectivity index (χ3n) is 6.16. The van der Waals surface area contributed by atoms with Crippen LogP contribution < -0.4 is 0 Å². The van der Waals surface area contributed by atoms with Crippen LogP contribution in [0.4, 0.5) is 0 Å². The van der Waals surface area contributed by atoms with Crippen molar-refractivity contribution in [1.29, 1.82) is 0 Å². The molecule has 1 saturated heterocycles. The molecule has 3 heteroatoms. The Morgan fingerprint density at radius 3 is 2.91 bits per heavy atom. The van der Waals surface area contributed by atoms with Gasteiger partial charge in [-0.15, -0.1) is 0 Å². The average molecular weight is 315 g/mol. The standard InChI is InChI=1S/C20H29NO2/c1-3-21-18-10-9-16(23)13-17(18)20(2,19(21)11-12-22)14-15-7-5-4-6-8-15/h4-5,7,11-12,16-18,23H,3,6,8-10,13-14H2,1-2H3/b19-11-. The number of aliphatic hydroxyl groups excluding tert-OH is 1. The van der Waals surface area contributed by atoms with Gasteiger partial charge in [0.05, 0.1) is 6.10 Å². The van der Waals surface area contributed by atoms with Gasteiger partial charge in [-0.1, -0.05) is 30.7 Å². The lowest BCUT2D eigenvalue weighted by Gasteiger charge is -2.38. The Morgan fingerprint density at radius 2 is 2.26 bits per heavy atom. The quantitative estimate of drug-likeness (QED) is 0.636. The number of aliphatic hydroxyl groups is 1. The normalized spacial score (nSPS) is 38.6. The number of allylic oxidation sites excluding steroid dienone is 6. The van der Waals surface area contributed by atoms with Gasteiger partial charge in [0.25, 0.3) is 0 Å². The van der Waals surface area contributed by atoms with E-state index in [-0.39, 0.29) is 11.5 Å². The molecule has 3 nitrogen and oxygen atoms in total. The van der Waals surface area contributed by atoms with Gasteiger partial charge in [-0.25, -0.2) is 0 Å². The third kappa shape index (κ3) is 2.91. The maximum atomic E-state index is 11.3. The van der Waals surface area contributed by atoms with Gasteiger partial charge in [0.2, 0.25) is 0 Å². The molecule has 0 aromatic carbocycles. The zero-order valence-corrected chi connectivity index (χ0v) is 14.4. The maximum Gasteiger partial charge on any atom is 0.144 e. The van der Waals surface area contributed by atoms with Crippen molar-refractivity contribution in [3.63, 3.8) is 0 Å². The second-order valence-electron chi connectivity index (χ2n) is 7.50. The lowest BCUT2D eigenvalue weighted by atomic mass is 9.65. The molecule has 1 heterocycles. The molecule has 2 aliphatic carbocycles. The monoisotopic (exact) mass is 315 g/mol. The number of carbonyl (C=O) groups is 1. The Kier molecular flexibility index (Phi) is 4.77. The number of aldehydes is 1. The Hall–Kier alpha value is -1.35. The summed E-state index contributed by atoms with van der Waals surface area (Å²) in [6, 6.07) is 0.472. The molecule has 1 N–H and O–H groups in total. The largest absolute Gasteiger partial charge is 0.393 e. The lowest BCUT2D eigenvalue weighted by Crippen LogP contribution is -2.39. The molecule has 3 aliphatic rings. The Labute approximate surface area is 139 Å². The first-order chi connectivity index (χ1) is 11.1. The molecule has 3 rings (SSSR count). The smallest absolute Gasteiger partial charge is 0.144 e. The highest BCUT2D eigenvalue weighted by atomic mass is 16.3. The van der Waals surface area contributed by atoms with Gasteiger partial charge in [0.1, 0.15) is 6.29 Å². The van der Waals surface area contributed by atoms with Crippen molar-refractivity contribution in [1.82, 2.24) is 4.90 Å². The summed E-state index contributed by atoms with van der Waals surface area (Å²) in [6.45, 7) is 5.42. The van der Waals surface area contributed by atoms with Crippen molar-refractivity contribution in [3.05, 3.63) is 35.6 Å². The van der Waals surface area contributed by atoms with Gasteiger partial charge >= 0.3 is 0 Å². The van der Waals surface area contributed by atoms with E-state index in [0.717, 1.165) is 51.4 Å². The van der Waals surface area contributed by atoms with Crippen molar-refractivity contribution < 1.29 is 9.90 Å². The van der Waals surface area contributed by atoms with Gasteiger partial charge in [-0.3, -0.25) is 4.79 Å². The fraction of sp³-hybridized carbons (Fsp3) is 0.650. The molecule has 2 fully saturated rings. The number of hydrogen-bond donors (Lipinski definition) is 1. The van der Waals surface area contributed by atoms with E-state index in [2.05, 4.69) is 37.0 Å². The fourth-order valence-electron chi connectivity index (χ4n) is 5.14. The molecule has 126 valence electrons. The third-order valence-corrected chi connectivity index (χ3v) is 6.16. The molecule has 1 aliphatic heterocycles. The van der Waals surface area contributed by atoms with E-state index < -0.39 is 0 Å². The van der Waals surface area contributed by atoms with Crippen LogP contribution in [0.1, 0.15) is 52.4 Å². The first-order valence-electron chi connectivity index (χ1n) is 9.05. The van der Waals surface area contributed by atoms with E-state index in [1.807, 2.05) is 0 Å². The molecule has 4 unspecified atom stereocenters. The molecule has 0 amide bonds. The van der Waals surface area contributed by atoms with Gasteiger partial charge in [-0.05, 0) is 57.4 Å². The van der Waals surface area contributed by atoms with Gasteiger partial charge in [-0.2, -0.15) is 0 Å². The second-order valence-corrected chi connectivity index (χ2v) is 7.50. The Balaban J connectivity index is 1.98. The Morgan fingerprint density at radius 1 is 1.43 bits per heavy atom. The summed E-state index contributed by atoms with van der Waals surface area (Å²) in [5, 5.41) is 10.2. The Bertz CT molecular complexity index is 548. The summed E-state index contributed by atoms with van der Waals surface area (Å²) < 4.78 is 0. The molecule has 0 aromatic heterocycles. The van der Waals surface area contributed by atoms with Crippen LogP contribution in [-0.2, 0) is 4.79 Å². The summed E-state index contributed by atoms with van der Waals surface area (Å²) in [7, 11) is 0. The topological polar surface area (TPSA) is 40.5 Å². The fourth-order valence-corrected chi connectivity index (χ4v) is 5.14. The molecule has 0 radical (unpaired) electrons. The first kappa shape index (κ1) is 16.5. The second kappa shape index (κ2) is 6.64. The lowest BCUT2D eigenvalue weighted by molar-refractivity contribution is -0.104. The molecule has 4 atom stereocenters. The minimum Gasteiger partial charge on any atom is -0.393 e.